The first-order valence-electron chi connectivity index (χ1n) is 36.4. The van der Waals surface area contributed by atoms with Gasteiger partial charge in [0, 0.05) is 69.6 Å². The second-order valence-electron chi connectivity index (χ2n) is 27.5. The minimum absolute atomic E-state index is 1.13. The average Bonchev–Trinajstić information content (AvgIpc) is 1.53. The zero-order chi connectivity index (χ0) is 70.0. The van der Waals surface area contributed by atoms with Crippen molar-refractivity contribution in [3.63, 3.8) is 0 Å². The Morgan fingerprint density at radius 1 is 0.160 bits per heavy atom. The van der Waals surface area contributed by atoms with E-state index in [0.29, 0.717) is 0 Å². The molecule has 0 fully saturated rings. The predicted octanol–water partition coefficient (Wildman–Crippen LogP) is 28.4. The molecule has 0 saturated carbocycles. The fraction of sp³-hybridized carbons (Fsp3) is 0. The molecule has 0 aliphatic rings. The molecular weight excluding hydrogens is 1300 g/mol. The summed E-state index contributed by atoms with van der Waals surface area (Å²) in [6.45, 7) is 0. The van der Waals surface area contributed by atoms with Gasteiger partial charge in [0.05, 0.1) is 33.1 Å². The number of thiophene rings is 1. The quantitative estimate of drug-likeness (QED) is 0.123. The molecule has 4 aromatic heterocycles. The summed E-state index contributed by atoms with van der Waals surface area (Å²) in [6, 6.07) is 148. The summed E-state index contributed by atoms with van der Waals surface area (Å²) in [5, 5.41) is 10.3. The van der Waals surface area contributed by atoms with Crippen LogP contribution in [-0.4, -0.2) is 13.7 Å². The Kier molecular flexibility index (Phi) is 15.4. The Balaban J connectivity index is 0.000000149. The van der Waals surface area contributed by atoms with Crippen LogP contribution in [0, 0.1) is 0 Å². The molecular formula is C102H67N3S. The van der Waals surface area contributed by atoms with Gasteiger partial charge < -0.3 is 13.7 Å². The molecule has 0 aliphatic carbocycles. The van der Waals surface area contributed by atoms with Gasteiger partial charge in [0.2, 0.25) is 0 Å². The third-order valence-corrected chi connectivity index (χ3v) is 22.5. The van der Waals surface area contributed by atoms with Crippen molar-refractivity contribution in [2.45, 2.75) is 0 Å². The van der Waals surface area contributed by atoms with Crippen molar-refractivity contribution in [3.8, 4) is 106 Å². The molecule has 0 amide bonds. The van der Waals surface area contributed by atoms with Gasteiger partial charge in [-0.1, -0.05) is 291 Å². The number of hydrogen-bond acceptors (Lipinski definition) is 1. The molecule has 0 N–H and O–H groups in total. The van der Waals surface area contributed by atoms with Crippen LogP contribution in [0.2, 0.25) is 0 Å². The SMILES string of the molecule is c1ccc(-c2cc(-c3ccccc3)cc(-c3ccc(-n4c5ccccc5c5c4ccc4c6ccccc6n(-c6cc(-c7ccccc7)cc(-c7ccccc7)c6)c45)cc3)c2)cc1.c1ccc(-c2cc(-c3ccccc3)cc(-c3ccc(-n4c5ccccc5c5c6sc7ccccc7c6ccc54)cc3)c2)cc1. The first kappa shape index (κ1) is 62.2. The van der Waals surface area contributed by atoms with E-state index in [1.807, 2.05) is 11.3 Å². The van der Waals surface area contributed by atoms with Crippen molar-refractivity contribution in [3.05, 3.63) is 406 Å². The van der Waals surface area contributed by atoms with E-state index in [1.54, 1.807) is 0 Å². The highest BCUT2D eigenvalue weighted by Crippen LogP contribution is 2.47. The van der Waals surface area contributed by atoms with E-state index in [2.05, 4.69) is 420 Å². The average molecular weight is 1370 g/mol. The highest BCUT2D eigenvalue weighted by Gasteiger charge is 2.23. The first-order valence-corrected chi connectivity index (χ1v) is 37.2. The van der Waals surface area contributed by atoms with Crippen LogP contribution in [-0.2, 0) is 0 Å². The molecule has 21 aromatic rings. The molecule has 0 aliphatic heterocycles. The minimum atomic E-state index is 1.13. The van der Waals surface area contributed by atoms with Crippen molar-refractivity contribution in [2.75, 3.05) is 0 Å². The van der Waals surface area contributed by atoms with Crippen LogP contribution in [0.25, 0.3) is 192 Å². The van der Waals surface area contributed by atoms with Gasteiger partial charge in [-0.15, -0.1) is 11.3 Å². The molecule has 17 aromatic carbocycles. The second kappa shape index (κ2) is 26.3. The maximum absolute atomic E-state index is 2.51. The van der Waals surface area contributed by atoms with Gasteiger partial charge in [-0.05, 0) is 204 Å². The molecule has 106 heavy (non-hydrogen) atoms. The maximum atomic E-state index is 2.51. The summed E-state index contributed by atoms with van der Waals surface area (Å²) in [7, 11) is 0. The Morgan fingerprint density at radius 2 is 0.453 bits per heavy atom. The maximum Gasteiger partial charge on any atom is 0.0641 e. The molecule has 0 radical (unpaired) electrons. The zero-order valence-electron chi connectivity index (χ0n) is 57.9. The van der Waals surface area contributed by atoms with Crippen LogP contribution in [0.15, 0.2) is 406 Å². The molecule has 4 heteroatoms. The highest BCUT2D eigenvalue weighted by molar-refractivity contribution is 7.26. The first-order chi connectivity index (χ1) is 52.6. The van der Waals surface area contributed by atoms with E-state index < -0.39 is 0 Å². The number of benzene rings is 17. The van der Waals surface area contributed by atoms with Crippen LogP contribution in [0.3, 0.4) is 0 Å². The lowest BCUT2D eigenvalue weighted by molar-refractivity contribution is 1.17. The smallest absolute Gasteiger partial charge is 0.0641 e. The van der Waals surface area contributed by atoms with Crippen molar-refractivity contribution < 1.29 is 0 Å². The summed E-state index contributed by atoms with van der Waals surface area (Å²) >= 11 is 1.90. The van der Waals surface area contributed by atoms with Crippen LogP contribution in [0.4, 0.5) is 0 Å². The van der Waals surface area contributed by atoms with Crippen LogP contribution in [0.1, 0.15) is 0 Å². The van der Waals surface area contributed by atoms with E-state index >= 15 is 0 Å². The van der Waals surface area contributed by atoms with Gasteiger partial charge in [0.1, 0.15) is 0 Å². The summed E-state index contributed by atoms with van der Waals surface area (Å²) in [5.41, 5.74) is 30.0. The Bertz CT molecular complexity index is 6700. The monoisotopic (exact) mass is 1370 g/mol. The summed E-state index contributed by atoms with van der Waals surface area (Å²) in [5.74, 6) is 0. The fourth-order valence-electron chi connectivity index (χ4n) is 16.3. The summed E-state index contributed by atoms with van der Waals surface area (Å²) in [6.07, 6.45) is 0. The molecule has 0 spiro atoms. The Labute approximate surface area is 618 Å². The Hall–Kier alpha value is -13.6. The van der Waals surface area contributed by atoms with E-state index in [4.69, 9.17) is 0 Å². The topological polar surface area (TPSA) is 14.8 Å². The molecule has 21 rings (SSSR count). The lowest BCUT2D eigenvalue weighted by Gasteiger charge is -2.15. The molecule has 0 bridgehead atoms. The van der Waals surface area contributed by atoms with Crippen molar-refractivity contribution >= 4 is 96.9 Å². The normalized spacial score (nSPS) is 11.6. The van der Waals surface area contributed by atoms with E-state index in [0.717, 1.165) is 11.4 Å². The second-order valence-corrected chi connectivity index (χ2v) is 28.6. The molecule has 496 valence electrons. The third kappa shape index (κ3) is 11.0. The Morgan fingerprint density at radius 3 is 0.849 bits per heavy atom. The van der Waals surface area contributed by atoms with E-state index in [1.165, 1.54) is 180 Å². The van der Waals surface area contributed by atoms with Gasteiger partial charge in [0.25, 0.3) is 0 Å². The summed E-state index contributed by atoms with van der Waals surface area (Å²) in [4.78, 5) is 0. The van der Waals surface area contributed by atoms with Gasteiger partial charge in [-0.3, -0.25) is 0 Å². The highest BCUT2D eigenvalue weighted by atomic mass is 32.1. The fourth-order valence-corrected chi connectivity index (χ4v) is 17.5. The van der Waals surface area contributed by atoms with Crippen LogP contribution in [0.5, 0.6) is 0 Å². The van der Waals surface area contributed by atoms with E-state index in [-0.39, 0.29) is 0 Å². The van der Waals surface area contributed by atoms with Crippen molar-refractivity contribution in [2.24, 2.45) is 0 Å². The lowest BCUT2D eigenvalue weighted by Crippen LogP contribution is -1.97. The zero-order valence-corrected chi connectivity index (χ0v) is 58.7. The van der Waals surface area contributed by atoms with Gasteiger partial charge in [-0.25, -0.2) is 0 Å². The molecule has 0 saturated heterocycles. The lowest BCUT2D eigenvalue weighted by atomic mass is 9.93. The van der Waals surface area contributed by atoms with Crippen molar-refractivity contribution in [1.82, 2.24) is 13.7 Å². The van der Waals surface area contributed by atoms with Crippen LogP contribution < -0.4 is 0 Å². The molecule has 0 atom stereocenters. The molecule has 3 nitrogen and oxygen atoms in total. The van der Waals surface area contributed by atoms with Gasteiger partial charge in [0.15, 0.2) is 0 Å². The molecule has 4 heterocycles. The number of rotatable bonds is 11. The van der Waals surface area contributed by atoms with Gasteiger partial charge in [-0.2, -0.15) is 0 Å². The standard InChI is InChI=1S/C60H40N2.C42H27NS/c1-5-17-41(18-6-1)46-35-47(42-19-7-2-8-20-42)37-48(36-46)45-29-31-51(32-30-45)61-57-28-16-14-26-55(57)59-58(61)34-33-54-53-25-13-15-27-56(53)62(60(54)59)52-39-49(43-21-9-3-10-22-43)38-50(40-52)44-23-11-4-12-24-44;1-3-11-28(12-4-1)31-25-32(29-13-5-2-6-14-29)27-33(26-31)30-19-21-34(22-20-30)43-38-17-9-7-16-37(38)41-39(43)24-23-36-35-15-8-10-18-40(35)44-42(36)41/h1-40H;1-27H. The van der Waals surface area contributed by atoms with Crippen LogP contribution >= 0.6 is 11.3 Å². The number of hydrogen-bond donors (Lipinski definition) is 0. The van der Waals surface area contributed by atoms with Gasteiger partial charge >= 0.3 is 0 Å². The minimum Gasteiger partial charge on any atom is -0.309 e. The number of para-hydroxylation sites is 3. The molecule has 0 unspecified atom stereocenters. The third-order valence-electron chi connectivity index (χ3n) is 21.3. The number of aromatic nitrogens is 3. The number of fused-ring (bicyclic) bond motifs is 14. The largest absolute Gasteiger partial charge is 0.309 e. The van der Waals surface area contributed by atoms with Crippen molar-refractivity contribution in [1.29, 1.82) is 0 Å². The van der Waals surface area contributed by atoms with E-state index in [9.17, 15) is 0 Å². The number of nitrogens with zero attached hydrogens (tertiary/aromatic N) is 3. The predicted molar refractivity (Wildman–Crippen MR) is 452 cm³/mol. The summed E-state index contributed by atoms with van der Waals surface area (Å²) < 4.78 is 10.1.